The van der Waals surface area contributed by atoms with Gasteiger partial charge in [-0.1, -0.05) is 6.42 Å². The first-order valence-corrected chi connectivity index (χ1v) is 8.96. The van der Waals surface area contributed by atoms with Crippen LogP contribution in [0.15, 0.2) is 24.8 Å². The Labute approximate surface area is 142 Å². The molecular weight excluding hydrogens is 302 g/mol. The van der Waals surface area contributed by atoms with Crippen molar-refractivity contribution in [1.29, 1.82) is 0 Å². The number of methoxy groups -OCH3 is 1. The van der Waals surface area contributed by atoms with Crippen LogP contribution in [-0.4, -0.2) is 39.7 Å². The summed E-state index contributed by atoms with van der Waals surface area (Å²) in [7, 11) is 1.65. The Morgan fingerprint density at radius 1 is 1.08 bits per heavy atom. The Morgan fingerprint density at radius 3 is 2.75 bits per heavy atom. The molecule has 1 saturated carbocycles. The van der Waals surface area contributed by atoms with E-state index in [1.54, 1.807) is 19.5 Å². The highest BCUT2D eigenvalue weighted by Gasteiger charge is 2.28. The van der Waals surface area contributed by atoms with Gasteiger partial charge in [0.25, 0.3) is 5.88 Å². The van der Waals surface area contributed by atoms with Crippen LogP contribution < -0.4 is 9.64 Å². The van der Waals surface area contributed by atoms with Gasteiger partial charge < -0.3 is 14.2 Å². The molecule has 0 N–H and O–H groups in total. The van der Waals surface area contributed by atoms with Gasteiger partial charge in [0.15, 0.2) is 5.82 Å². The van der Waals surface area contributed by atoms with Gasteiger partial charge in [-0.05, 0) is 31.6 Å². The maximum absolute atomic E-state index is 5.39. The third-order valence-electron chi connectivity index (χ3n) is 5.35. The van der Waals surface area contributed by atoms with Gasteiger partial charge in [-0.25, -0.2) is 15.0 Å². The van der Waals surface area contributed by atoms with Crippen LogP contribution in [0.2, 0.25) is 0 Å². The molecule has 2 aromatic rings. The van der Waals surface area contributed by atoms with E-state index < -0.39 is 0 Å². The molecule has 0 amide bonds. The molecule has 0 bridgehead atoms. The van der Waals surface area contributed by atoms with Crippen molar-refractivity contribution in [2.45, 2.75) is 44.6 Å². The Bertz CT molecular complexity index is 682. The van der Waals surface area contributed by atoms with Gasteiger partial charge in [-0.15, -0.1) is 0 Å². The first kappa shape index (κ1) is 15.4. The Kier molecular flexibility index (Phi) is 4.36. The van der Waals surface area contributed by atoms with Crippen LogP contribution in [0.3, 0.4) is 0 Å². The van der Waals surface area contributed by atoms with Crippen molar-refractivity contribution in [2.75, 3.05) is 25.1 Å². The quantitative estimate of drug-likeness (QED) is 0.845. The first-order chi connectivity index (χ1) is 11.8. The molecule has 1 atom stereocenters. The minimum absolute atomic E-state index is 0.445. The maximum Gasteiger partial charge on any atom is 0.257 e. The van der Waals surface area contributed by atoms with E-state index in [0.29, 0.717) is 11.8 Å². The number of piperidine rings is 1. The molecule has 24 heavy (non-hydrogen) atoms. The van der Waals surface area contributed by atoms with Crippen LogP contribution in [0, 0.1) is 5.92 Å². The summed E-state index contributed by atoms with van der Waals surface area (Å²) >= 11 is 0. The summed E-state index contributed by atoms with van der Waals surface area (Å²) in [6, 6.07) is 0. The van der Waals surface area contributed by atoms with Crippen molar-refractivity contribution in [3.63, 3.8) is 0 Å². The average molecular weight is 327 g/mol. The zero-order valence-corrected chi connectivity index (χ0v) is 14.3. The van der Waals surface area contributed by atoms with E-state index in [1.807, 2.05) is 6.20 Å². The summed E-state index contributed by atoms with van der Waals surface area (Å²) in [5, 5.41) is 0. The third kappa shape index (κ3) is 2.97. The van der Waals surface area contributed by atoms with E-state index >= 15 is 0 Å². The maximum atomic E-state index is 5.39. The lowest BCUT2D eigenvalue weighted by molar-refractivity contribution is 0.270. The second kappa shape index (κ2) is 6.79. The van der Waals surface area contributed by atoms with Crippen molar-refractivity contribution >= 4 is 5.82 Å². The number of imidazole rings is 1. The fraction of sp³-hybridized carbons (Fsp3) is 0.611. The molecule has 0 unspecified atom stereocenters. The van der Waals surface area contributed by atoms with Crippen LogP contribution in [0.1, 0.15) is 43.8 Å². The van der Waals surface area contributed by atoms with Crippen molar-refractivity contribution in [1.82, 2.24) is 19.5 Å². The monoisotopic (exact) mass is 327 g/mol. The molecule has 0 radical (unpaired) electrons. The summed E-state index contributed by atoms with van der Waals surface area (Å²) < 4.78 is 7.77. The molecule has 3 heterocycles. The van der Waals surface area contributed by atoms with Crippen molar-refractivity contribution < 1.29 is 4.74 Å². The lowest BCUT2D eigenvalue weighted by atomic mass is 9.85. The molecule has 0 aromatic carbocycles. The molecule has 2 aromatic heterocycles. The summed E-state index contributed by atoms with van der Waals surface area (Å²) in [6.07, 6.45) is 14.0. The number of ether oxygens (including phenoxy) is 1. The minimum Gasteiger partial charge on any atom is -0.478 e. The molecule has 2 aliphatic rings. The molecule has 1 aliphatic heterocycles. The van der Waals surface area contributed by atoms with Gasteiger partial charge in [0.2, 0.25) is 0 Å². The van der Waals surface area contributed by atoms with E-state index in [0.717, 1.165) is 37.8 Å². The average Bonchev–Trinajstić information content (AvgIpc) is 3.06. The largest absolute Gasteiger partial charge is 0.478 e. The van der Waals surface area contributed by atoms with Gasteiger partial charge >= 0.3 is 0 Å². The molecule has 4 rings (SSSR count). The lowest BCUT2D eigenvalue weighted by Crippen LogP contribution is -2.36. The molecule has 2 fully saturated rings. The number of hydrogen-bond donors (Lipinski definition) is 0. The predicted octanol–water partition coefficient (Wildman–Crippen LogP) is 2.87. The Morgan fingerprint density at radius 2 is 1.96 bits per heavy atom. The second-order valence-electron chi connectivity index (χ2n) is 6.91. The van der Waals surface area contributed by atoms with E-state index in [1.165, 1.54) is 31.5 Å². The van der Waals surface area contributed by atoms with E-state index in [4.69, 9.17) is 9.72 Å². The number of nitrogens with zero attached hydrogens (tertiary/aromatic N) is 5. The van der Waals surface area contributed by atoms with E-state index in [9.17, 15) is 0 Å². The normalized spacial score (nSPS) is 21.5. The van der Waals surface area contributed by atoms with Gasteiger partial charge in [-0.2, -0.15) is 0 Å². The van der Waals surface area contributed by atoms with Gasteiger partial charge in [-0.3, -0.25) is 0 Å². The van der Waals surface area contributed by atoms with Crippen LogP contribution in [0.5, 0.6) is 5.88 Å². The molecule has 6 heteroatoms. The van der Waals surface area contributed by atoms with E-state index in [2.05, 4.69) is 25.6 Å². The highest BCUT2D eigenvalue weighted by molar-refractivity contribution is 5.48. The second-order valence-corrected chi connectivity index (χ2v) is 6.91. The van der Waals surface area contributed by atoms with E-state index in [-0.39, 0.29) is 0 Å². The topological polar surface area (TPSA) is 56.1 Å². The van der Waals surface area contributed by atoms with Crippen LogP contribution in [0.4, 0.5) is 5.82 Å². The fourth-order valence-electron chi connectivity index (χ4n) is 3.85. The lowest BCUT2D eigenvalue weighted by Gasteiger charge is -2.34. The number of aromatic nitrogens is 4. The van der Waals surface area contributed by atoms with Crippen LogP contribution in [-0.2, 0) is 6.54 Å². The van der Waals surface area contributed by atoms with Crippen molar-refractivity contribution in [3.8, 4) is 5.88 Å². The fourth-order valence-corrected chi connectivity index (χ4v) is 3.85. The van der Waals surface area contributed by atoms with Crippen LogP contribution >= 0.6 is 0 Å². The molecule has 6 nitrogen and oxygen atoms in total. The molecule has 1 aliphatic carbocycles. The molecule has 1 saturated heterocycles. The zero-order valence-electron chi connectivity index (χ0n) is 14.3. The Balaban J connectivity index is 1.52. The summed E-state index contributed by atoms with van der Waals surface area (Å²) in [4.78, 5) is 15.8. The number of hydrogen-bond acceptors (Lipinski definition) is 5. The smallest absolute Gasteiger partial charge is 0.257 e. The highest BCUT2D eigenvalue weighted by Crippen LogP contribution is 2.33. The van der Waals surface area contributed by atoms with Crippen molar-refractivity contribution in [3.05, 3.63) is 30.6 Å². The molecular formula is C18H25N5O. The molecule has 0 spiro atoms. The van der Waals surface area contributed by atoms with Gasteiger partial charge in [0.1, 0.15) is 5.82 Å². The molecule has 128 valence electrons. The first-order valence-electron chi connectivity index (χ1n) is 8.96. The third-order valence-corrected chi connectivity index (χ3v) is 5.35. The highest BCUT2D eigenvalue weighted by atomic mass is 16.5. The minimum atomic E-state index is 0.445. The predicted molar refractivity (Wildman–Crippen MR) is 92.3 cm³/mol. The number of rotatable bonds is 5. The zero-order chi connectivity index (χ0) is 16.4. The summed E-state index contributed by atoms with van der Waals surface area (Å²) in [5.74, 6) is 3.98. The standard InChI is InChI=1S/C18H25N5O/c1-24-18-17(19-7-8-21-18)22-10-3-6-15(13-22)16-20-9-11-23(16)12-14-4-2-5-14/h7-9,11,14-15H,2-6,10,12-13H2,1H3/t15-/m0/s1. The number of anilines is 1. The van der Waals surface area contributed by atoms with Crippen molar-refractivity contribution in [2.24, 2.45) is 5.92 Å². The summed E-state index contributed by atoms with van der Waals surface area (Å²) in [5.41, 5.74) is 0. The SMILES string of the molecule is COc1nccnc1N1CCC[C@H](c2nccn2CC2CCC2)C1. The Hall–Kier alpha value is -2.11. The van der Waals surface area contributed by atoms with Crippen LogP contribution in [0.25, 0.3) is 0 Å². The van der Waals surface area contributed by atoms with Gasteiger partial charge in [0, 0.05) is 50.3 Å². The van der Waals surface area contributed by atoms with Gasteiger partial charge in [0.05, 0.1) is 7.11 Å². The summed E-state index contributed by atoms with van der Waals surface area (Å²) in [6.45, 7) is 3.05.